The topological polar surface area (TPSA) is 34.8 Å². The zero-order valence-electron chi connectivity index (χ0n) is 12.2. The molecule has 1 aromatic carbocycles. The van der Waals surface area contributed by atoms with Crippen molar-refractivity contribution in [3.8, 4) is 0 Å². The van der Waals surface area contributed by atoms with Crippen LogP contribution in [0.25, 0.3) is 10.9 Å². The van der Waals surface area contributed by atoms with Crippen LogP contribution in [0.4, 0.5) is 5.69 Å². The second-order valence-electron chi connectivity index (χ2n) is 5.15. The van der Waals surface area contributed by atoms with E-state index in [0.717, 1.165) is 24.3 Å². The van der Waals surface area contributed by atoms with Gasteiger partial charge < -0.3 is 9.88 Å². The third kappa shape index (κ3) is 2.18. The van der Waals surface area contributed by atoms with E-state index in [0.29, 0.717) is 0 Å². The van der Waals surface area contributed by atoms with Crippen LogP contribution in [0.1, 0.15) is 18.2 Å². The van der Waals surface area contributed by atoms with Gasteiger partial charge in [-0.15, -0.1) is 0 Å². The fraction of sp³-hybridized carbons (Fsp3) is 0.312. The quantitative estimate of drug-likeness (QED) is 0.789. The summed E-state index contributed by atoms with van der Waals surface area (Å²) in [4.78, 5) is 0. The molecule has 0 aliphatic carbocycles. The summed E-state index contributed by atoms with van der Waals surface area (Å²) in [5, 5.41) is 9.28. The molecule has 0 radical (unpaired) electrons. The number of nitrogens with one attached hydrogen (secondary N) is 1. The Morgan fingerprint density at radius 2 is 1.95 bits per heavy atom. The summed E-state index contributed by atoms with van der Waals surface area (Å²) in [7, 11) is 4.05. The van der Waals surface area contributed by atoms with E-state index in [9.17, 15) is 0 Å². The Morgan fingerprint density at radius 3 is 2.75 bits per heavy atom. The molecule has 0 amide bonds. The summed E-state index contributed by atoms with van der Waals surface area (Å²) < 4.78 is 4.04. The second-order valence-corrected chi connectivity index (χ2v) is 5.15. The molecule has 0 atom stereocenters. The molecule has 4 nitrogen and oxygen atoms in total. The minimum Gasteiger partial charge on any atom is -0.378 e. The van der Waals surface area contributed by atoms with Crippen molar-refractivity contribution in [2.75, 3.05) is 5.32 Å². The Hall–Kier alpha value is -2.23. The number of nitrogens with zero attached hydrogens (tertiary/aromatic N) is 3. The molecule has 4 heteroatoms. The standard InChI is InChI=1S/C16H20N4/c1-4-14-15(11-20(3)18-14)17-9-12-10-19(2)16-8-6-5-7-13(12)16/h5-8,10-11,17H,4,9H2,1-3H3. The van der Waals surface area contributed by atoms with Gasteiger partial charge in [0.25, 0.3) is 0 Å². The SMILES string of the molecule is CCc1nn(C)cc1NCc1cn(C)c2ccccc12. The number of anilines is 1. The summed E-state index contributed by atoms with van der Waals surface area (Å²) >= 11 is 0. The molecule has 2 heterocycles. The predicted octanol–water partition coefficient (Wildman–Crippen LogP) is 3.09. The Balaban J connectivity index is 1.87. The first-order chi connectivity index (χ1) is 9.69. The van der Waals surface area contributed by atoms with Crippen molar-refractivity contribution >= 4 is 16.6 Å². The molecule has 0 fully saturated rings. The first-order valence-electron chi connectivity index (χ1n) is 6.98. The van der Waals surface area contributed by atoms with Gasteiger partial charge in [-0.2, -0.15) is 5.10 Å². The summed E-state index contributed by atoms with van der Waals surface area (Å²) in [6, 6.07) is 8.50. The number of benzene rings is 1. The Kier molecular flexibility index (Phi) is 3.22. The maximum Gasteiger partial charge on any atom is 0.0853 e. The van der Waals surface area contributed by atoms with E-state index in [1.165, 1.54) is 16.5 Å². The van der Waals surface area contributed by atoms with Gasteiger partial charge in [0, 0.05) is 43.9 Å². The van der Waals surface area contributed by atoms with Gasteiger partial charge in [0.2, 0.25) is 0 Å². The molecule has 2 aromatic heterocycles. The molecule has 3 rings (SSSR count). The molecule has 0 aliphatic rings. The minimum atomic E-state index is 0.819. The van der Waals surface area contributed by atoms with Gasteiger partial charge in [-0.1, -0.05) is 25.1 Å². The maximum absolute atomic E-state index is 4.46. The average Bonchev–Trinajstić information content (AvgIpc) is 2.98. The lowest BCUT2D eigenvalue weighted by Crippen LogP contribution is -2.00. The molecule has 3 aromatic rings. The zero-order chi connectivity index (χ0) is 14.1. The molecule has 0 saturated carbocycles. The number of aryl methyl sites for hydroxylation is 3. The lowest BCUT2D eigenvalue weighted by atomic mass is 10.2. The summed E-state index contributed by atoms with van der Waals surface area (Å²) in [5.74, 6) is 0. The molecule has 0 saturated heterocycles. The summed E-state index contributed by atoms with van der Waals surface area (Å²) in [5.41, 5.74) is 4.83. The number of fused-ring (bicyclic) bond motifs is 1. The van der Waals surface area contributed by atoms with Crippen molar-refractivity contribution in [3.63, 3.8) is 0 Å². The number of para-hydroxylation sites is 1. The van der Waals surface area contributed by atoms with Crippen LogP contribution in [-0.4, -0.2) is 14.3 Å². The molecule has 0 bridgehead atoms. The lowest BCUT2D eigenvalue weighted by molar-refractivity contribution is 0.746. The highest BCUT2D eigenvalue weighted by Gasteiger charge is 2.08. The molecule has 0 aliphatic heterocycles. The molecular formula is C16H20N4. The third-order valence-corrected chi connectivity index (χ3v) is 3.69. The van der Waals surface area contributed by atoms with Gasteiger partial charge in [0.15, 0.2) is 0 Å². The van der Waals surface area contributed by atoms with E-state index in [-0.39, 0.29) is 0 Å². The van der Waals surface area contributed by atoms with Crippen LogP contribution in [0, 0.1) is 0 Å². The number of hydrogen-bond donors (Lipinski definition) is 1. The molecule has 104 valence electrons. The second kappa shape index (κ2) is 5.04. The van der Waals surface area contributed by atoms with Crippen molar-refractivity contribution < 1.29 is 0 Å². The van der Waals surface area contributed by atoms with E-state index in [4.69, 9.17) is 0 Å². The van der Waals surface area contributed by atoms with Gasteiger partial charge in [0.1, 0.15) is 0 Å². The number of hydrogen-bond acceptors (Lipinski definition) is 2. The fourth-order valence-corrected chi connectivity index (χ4v) is 2.70. The first-order valence-corrected chi connectivity index (χ1v) is 6.98. The van der Waals surface area contributed by atoms with Crippen LogP contribution in [0.3, 0.4) is 0 Å². The number of aromatic nitrogens is 3. The maximum atomic E-state index is 4.46. The summed E-state index contributed by atoms with van der Waals surface area (Å²) in [6.45, 7) is 2.95. The van der Waals surface area contributed by atoms with E-state index in [1.54, 1.807) is 0 Å². The van der Waals surface area contributed by atoms with Crippen molar-refractivity contribution in [2.45, 2.75) is 19.9 Å². The highest BCUT2D eigenvalue weighted by Crippen LogP contribution is 2.22. The first kappa shape index (κ1) is 12.8. The monoisotopic (exact) mass is 268 g/mol. The summed E-state index contributed by atoms with van der Waals surface area (Å²) in [6.07, 6.45) is 5.18. The van der Waals surface area contributed by atoms with Gasteiger partial charge in [-0.25, -0.2) is 0 Å². The third-order valence-electron chi connectivity index (χ3n) is 3.69. The van der Waals surface area contributed by atoms with Crippen molar-refractivity contribution in [1.29, 1.82) is 0 Å². The van der Waals surface area contributed by atoms with Crippen molar-refractivity contribution in [2.24, 2.45) is 14.1 Å². The van der Waals surface area contributed by atoms with Crippen LogP contribution in [0.2, 0.25) is 0 Å². The van der Waals surface area contributed by atoms with Gasteiger partial charge in [-0.05, 0) is 18.1 Å². The average molecular weight is 268 g/mol. The zero-order valence-corrected chi connectivity index (χ0v) is 12.2. The van der Waals surface area contributed by atoms with Crippen molar-refractivity contribution in [1.82, 2.24) is 14.3 Å². The largest absolute Gasteiger partial charge is 0.378 e. The Morgan fingerprint density at radius 1 is 1.15 bits per heavy atom. The molecule has 0 unspecified atom stereocenters. The highest BCUT2D eigenvalue weighted by atomic mass is 15.3. The number of rotatable bonds is 4. The minimum absolute atomic E-state index is 0.819. The van der Waals surface area contributed by atoms with E-state index in [2.05, 4.69) is 59.4 Å². The van der Waals surface area contributed by atoms with Crippen LogP contribution >= 0.6 is 0 Å². The predicted molar refractivity (Wildman–Crippen MR) is 82.8 cm³/mol. The van der Waals surface area contributed by atoms with Crippen LogP contribution in [-0.2, 0) is 27.1 Å². The molecular weight excluding hydrogens is 248 g/mol. The van der Waals surface area contributed by atoms with Crippen LogP contribution in [0.15, 0.2) is 36.7 Å². The highest BCUT2D eigenvalue weighted by molar-refractivity contribution is 5.84. The van der Waals surface area contributed by atoms with Crippen LogP contribution in [0.5, 0.6) is 0 Å². The smallest absolute Gasteiger partial charge is 0.0853 e. The molecule has 20 heavy (non-hydrogen) atoms. The van der Waals surface area contributed by atoms with Gasteiger partial charge in [0.05, 0.1) is 11.4 Å². The molecule has 0 spiro atoms. The Labute approximate surface area is 119 Å². The van der Waals surface area contributed by atoms with Crippen molar-refractivity contribution in [3.05, 3.63) is 47.9 Å². The van der Waals surface area contributed by atoms with E-state index in [1.807, 2.05) is 17.9 Å². The lowest BCUT2D eigenvalue weighted by Gasteiger charge is -2.04. The van der Waals surface area contributed by atoms with Gasteiger partial charge in [-0.3, -0.25) is 4.68 Å². The molecule has 1 N–H and O–H groups in total. The normalized spacial score (nSPS) is 11.2. The van der Waals surface area contributed by atoms with E-state index >= 15 is 0 Å². The fourth-order valence-electron chi connectivity index (χ4n) is 2.70. The van der Waals surface area contributed by atoms with E-state index < -0.39 is 0 Å². The van der Waals surface area contributed by atoms with Crippen LogP contribution < -0.4 is 5.32 Å². The Bertz CT molecular complexity index is 736. The van der Waals surface area contributed by atoms with Gasteiger partial charge >= 0.3 is 0 Å².